The summed E-state index contributed by atoms with van der Waals surface area (Å²) in [4.78, 5) is 30.9. The van der Waals surface area contributed by atoms with Crippen LogP contribution in [0.5, 0.6) is 0 Å². The summed E-state index contributed by atoms with van der Waals surface area (Å²) in [6.07, 6.45) is 0. The van der Waals surface area contributed by atoms with Gasteiger partial charge in [-0.25, -0.2) is 4.79 Å². The molecule has 15 heavy (non-hydrogen) atoms. The number of carbonyl (C=O) groups excluding carboxylic acids is 2. The Balaban J connectivity index is 4.84. The normalized spacial score (nSPS) is 16.3. The maximum atomic E-state index is 11.4. The van der Waals surface area contributed by atoms with Gasteiger partial charge in [-0.15, -0.1) is 0 Å². The lowest BCUT2D eigenvalue weighted by Gasteiger charge is -2.19. The molecule has 0 amide bonds. The van der Waals surface area contributed by atoms with Crippen molar-refractivity contribution in [3.63, 3.8) is 0 Å². The highest BCUT2D eigenvalue weighted by Gasteiger charge is 2.42. The number of esters is 2. The van der Waals surface area contributed by atoms with E-state index in [-0.39, 0.29) is 6.61 Å². The molecule has 0 bridgehead atoms. The van der Waals surface area contributed by atoms with Crippen molar-refractivity contribution in [3.05, 3.63) is 0 Å². The van der Waals surface area contributed by atoms with Crippen LogP contribution in [-0.2, 0) is 28.2 Å². The van der Waals surface area contributed by atoms with E-state index in [2.05, 4.69) is 14.0 Å². The van der Waals surface area contributed by atoms with Gasteiger partial charge in [0.2, 0.25) is 0 Å². The second kappa shape index (κ2) is 5.85. The van der Waals surface area contributed by atoms with E-state index < -0.39 is 25.4 Å². The summed E-state index contributed by atoms with van der Waals surface area (Å²) in [6, 6.07) is 0. The van der Waals surface area contributed by atoms with E-state index in [0.29, 0.717) is 0 Å². The van der Waals surface area contributed by atoms with Crippen molar-refractivity contribution in [1.29, 1.82) is 0 Å². The van der Waals surface area contributed by atoms with E-state index in [1.807, 2.05) is 0 Å². The van der Waals surface area contributed by atoms with E-state index in [9.17, 15) is 19.0 Å². The molecule has 0 heterocycles. The van der Waals surface area contributed by atoms with Crippen LogP contribution in [0.3, 0.4) is 0 Å². The van der Waals surface area contributed by atoms with Gasteiger partial charge in [-0.2, -0.15) is 0 Å². The molecule has 0 fully saturated rings. The standard InChI is InChI=1S/C7H13O7P/c1-4-13-15(10,11)7(6(9)12-3)14-5(2)8/h7H,4H2,1-3H3,(H,10,11). The minimum atomic E-state index is -4.35. The SMILES string of the molecule is CCOP(=O)(O)C(OC(C)=O)C(=O)OC. The van der Waals surface area contributed by atoms with Crippen LogP contribution in [0, 0.1) is 0 Å². The fourth-order valence-electron chi connectivity index (χ4n) is 0.759. The van der Waals surface area contributed by atoms with Crippen molar-refractivity contribution in [2.24, 2.45) is 0 Å². The van der Waals surface area contributed by atoms with E-state index >= 15 is 0 Å². The average Bonchev–Trinajstić information content (AvgIpc) is 2.12. The molecular formula is C7H13O7P. The van der Waals surface area contributed by atoms with Crippen molar-refractivity contribution in [2.45, 2.75) is 19.7 Å². The molecule has 2 atom stereocenters. The molecule has 0 aliphatic carbocycles. The fraction of sp³-hybridized carbons (Fsp3) is 0.714. The predicted octanol–water partition coefficient (Wildman–Crippen LogP) is 0.270. The summed E-state index contributed by atoms with van der Waals surface area (Å²) in [5.74, 6) is -3.94. The highest BCUT2D eigenvalue weighted by molar-refractivity contribution is 7.54. The number of rotatable bonds is 5. The van der Waals surface area contributed by atoms with Gasteiger partial charge in [0.1, 0.15) is 0 Å². The Morgan fingerprint density at radius 3 is 2.33 bits per heavy atom. The lowest BCUT2D eigenvalue weighted by atomic mass is 10.7. The topological polar surface area (TPSA) is 99.1 Å². The molecule has 0 saturated carbocycles. The van der Waals surface area contributed by atoms with Crippen molar-refractivity contribution in [1.82, 2.24) is 0 Å². The average molecular weight is 240 g/mol. The number of hydrogen-bond acceptors (Lipinski definition) is 6. The molecule has 0 radical (unpaired) electrons. The molecular weight excluding hydrogens is 227 g/mol. The quantitative estimate of drug-likeness (QED) is 0.543. The lowest BCUT2D eigenvalue weighted by molar-refractivity contribution is -0.160. The summed E-state index contributed by atoms with van der Waals surface area (Å²) in [6.45, 7) is 2.37. The number of methoxy groups -OCH3 is 1. The zero-order valence-electron chi connectivity index (χ0n) is 8.63. The molecule has 0 rings (SSSR count). The monoisotopic (exact) mass is 240 g/mol. The molecule has 0 aromatic heterocycles. The first-order valence-corrected chi connectivity index (χ1v) is 5.71. The molecule has 0 aliphatic heterocycles. The van der Waals surface area contributed by atoms with Gasteiger partial charge >= 0.3 is 19.5 Å². The Hall–Kier alpha value is -0.910. The third-order valence-corrected chi connectivity index (χ3v) is 2.83. The first kappa shape index (κ1) is 14.1. The van der Waals surface area contributed by atoms with Gasteiger partial charge in [0.05, 0.1) is 13.7 Å². The zero-order chi connectivity index (χ0) is 12.1. The minimum Gasteiger partial charge on any atom is -0.466 e. The van der Waals surface area contributed by atoms with Crippen LogP contribution in [0.4, 0.5) is 0 Å². The molecule has 88 valence electrons. The summed E-state index contributed by atoms with van der Waals surface area (Å²) in [7, 11) is -3.34. The van der Waals surface area contributed by atoms with E-state index in [1.54, 1.807) is 0 Å². The highest BCUT2D eigenvalue weighted by Crippen LogP contribution is 2.48. The first-order chi connectivity index (χ1) is 6.85. The Labute approximate surface area is 86.8 Å². The van der Waals surface area contributed by atoms with Crippen LogP contribution < -0.4 is 0 Å². The Morgan fingerprint density at radius 2 is 2.00 bits per heavy atom. The van der Waals surface area contributed by atoms with Gasteiger partial charge in [-0.05, 0) is 6.92 Å². The molecule has 8 heteroatoms. The van der Waals surface area contributed by atoms with Crippen LogP contribution in [0.2, 0.25) is 0 Å². The van der Waals surface area contributed by atoms with Gasteiger partial charge in [-0.3, -0.25) is 9.36 Å². The number of ether oxygens (including phenoxy) is 2. The van der Waals surface area contributed by atoms with Crippen molar-refractivity contribution in [3.8, 4) is 0 Å². The molecule has 0 aromatic carbocycles. The van der Waals surface area contributed by atoms with Gasteiger partial charge in [0, 0.05) is 6.92 Å². The first-order valence-electron chi connectivity index (χ1n) is 4.07. The summed E-state index contributed by atoms with van der Waals surface area (Å²) >= 11 is 0. The van der Waals surface area contributed by atoms with Gasteiger partial charge < -0.3 is 18.9 Å². The number of carbonyl (C=O) groups is 2. The lowest BCUT2D eigenvalue weighted by Crippen LogP contribution is -2.28. The predicted molar refractivity (Wildman–Crippen MR) is 49.0 cm³/mol. The molecule has 1 N–H and O–H groups in total. The second-order valence-electron chi connectivity index (χ2n) is 2.47. The van der Waals surface area contributed by atoms with Crippen LogP contribution in [0.15, 0.2) is 0 Å². The summed E-state index contributed by atoms with van der Waals surface area (Å²) in [5, 5.41) is 0. The Morgan fingerprint density at radius 1 is 1.47 bits per heavy atom. The van der Waals surface area contributed by atoms with Gasteiger partial charge in [0.15, 0.2) is 0 Å². The van der Waals surface area contributed by atoms with Crippen molar-refractivity contribution >= 4 is 19.5 Å². The maximum Gasteiger partial charge on any atom is 0.380 e. The smallest absolute Gasteiger partial charge is 0.380 e. The largest absolute Gasteiger partial charge is 0.466 e. The Kier molecular flexibility index (Phi) is 5.49. The van der Waals surface area contributed by atoms with Crippen LogP contribution in [-0.4, -0.2) is 36.4 Å². The molecule has 0 saturated heterocycles. The van der Waals surface area contributed by atoms with Crippen LogP contribution in [0.1, 0.15) is 13.8 Å². The molecule has 0 spiro atoms. The van der Waals surface area contributed by atoms with Crippen LogP contribution >= 0.6 is 7.60 Å². The van der Waals surface area contributed by atoms with E-state index in [0.717, 1.165) is 14.0 Å². The zero-order valence-corrected chi connectivity index (χ0v) is 9.52. The Bertz CT molecular complexity index is 287. The molecule has 0 aromatic rings. The maximum absolute atomic E-state index is 11.4. The molecule has 7 nitrogen and oxygen atoms in total. The molecule has 2 unspecified atom stereocenters. The number of hydrogen-bond donors (Lipinski definition) is 1. The van der Waals surface area contributed by atoms with Crippen LogP contribution in [0.25, 0.3) is 0 Å². The summed E-state index contributed by atoms with van der Waals surface area (Å²) < 4.78 is 24.4. The second-order valence-corrected chi connectivity index (χ2v) is 4.32. The summed E-state index contributed by atoms with van der Waals surface area (Å²) in [5.41, 5.74) is 0. The van der Waals surface area contributed by atoms with E-state index in [4.69, 9.17) is 0 Å². The van der Waals surface area contributed by atoms with Gasteiger partial charge in [0.25, 0.3) is 5.85 Å². The fourth-order valence-corrected chi connectivity index (χ4v) is 1.92. The van der Waals surface area contributed by atoms with Gasteiger partial charge in [-0.1, -0.05) is 0 Å². The van der Waals surface area contributed by atoms with Crippen molar-refractivity contribution < 1.29 is 33.0 Å². The van der Waals surface area contributed by atoms with Crippen molar-refractivity contribution in [2.75, 3.05) is 13.7 Å². The third kappa shape index (κ3) is 4.42. The highest BCUT2D eigenvalue weighted by atomic mass is 31.2. The molecule has 0 aliphatic rings. The third-order valence-electron chi connectivity index (χ3n) is 1.29. The minimum absolute atomic E-state index is 0.0947. The van der Waals surface area contributed by atoms with E-state index in [1.165, 1.54) is 6.92 Å².